The summed E-state index contributed by atoms with van der Waals surface area (Å²) in [7, 11) is 1.62. The number of methoxy groups -OCH3 is 1. The molecule has 0 aliphatic rings. The summed E-state index contributed by atoms with van der Waals surface area (Å²) in [6.45, 7) is 7.51. The van der Waals surface area contributed by atoms with Crippen molar-refractivity contribution in [2.45, 2.75) is 65.5 Å². The topological polar surface area (TPSA) is 67.9 Å². The van der Waals surface area contributed by atoms with Crippen LogP contribution in [-0.4, -0.2) is 43.0 Å². The predicted molar refractivity (Wildman–Crippen MR) is 131 cm³/mol. The lowest BCUT2D eigenvalue weighted by atomic mass is 10.1. The lowest BCUT2D eigenvalue weighted by Gasteiger charge is -2.31. The molecule has 1 N–H and O–H groups in total. The van der Waals surface area contributed by atoms with Crippen molar-refractivity contribution < 1.29 is 19.1 Å². The summed E-state index contributed by atoms with van der Waals surface area (Å²) >= 11 is 0. The molecule has 0 saturated carbocycles. The number of ether oxygens (including phenoxy) is 2. The first-order chi connectivity index (χ1) is 16.0. The van der Waals surface area contributed by atoms with Crippen molar-refractivity contribution in [1.82, 2.24) is 10.2 Å². The minimum Gasteiger partial charge on any atom is -0.497 e. The average Bonchev–Trinajstić information content (AvgIpc) is 2.83. The van der Waals surface area contributed by atoms with Crippen LogP contribution in [0.3, 0.4) is 0 Å². The molecule has 0 fully saturated rings. The molecule has 0 saturated heterocycles. The Bertz CT molecular complexity index is 849. The highest BCUT2D eigenvalue weighted by molar-refractivity contribution is 5.87. The summed E-state index contributed by atoms with van der Waals surface area (Å²) < 4.78 is 11.0. The van der Waals surface area contributed by atoms with Gasteiger partial charge in [0.15, 0.2) is 0 Å². The van der Waals surface area contributed by atoms with Crippen LogP contribution in [0, 0.1) is 6.92 Å². The first-order valence-corrected chi connectivity index (χ1v) is 11.9. The van der Waals surface area contributed by atoms with Gasteiger partial charge in [-0.15, -0.1) is 0 Å². The van der Waals surface area contributed by atoms with Crippen molar-refractivity contribution in [1.29, 1.82) is 0 Å². The fraction of sp³-hybridized carbons (Fsp3) is 0.481. The van der Waals surface area contributed by atoms with E-state index in [-0.39, 0.29) is 11.8 Å². The van der Waals surface area contributed by atoms with Gasteiger partial charge in [0.1, 0.15) is 17.5 Å². The summed E-state index contributed by atoms with van der Waals surface area (Å²) in [5, 5.41) is 2.99. The van der Waals surface area contributed by atoms with Gasteiger partial charge in [-0.3, -0.25) is 9.59 Å². The number of benzene rings is 2. The molecule has 0 spiro atoms. The fourth-order valence-electron chi connectivity index (χ4n) is 3.54. The van der Waals surface area contributed by atoms with Crippen LogP contribution in [0.15, 0.2) is 48.5 Å². The molecule has 1 atom stereocenters. The molecule has 0 aliphatic carbocycles. The van der Waals surface area contributed by atoms with Crippen LogP contribution >= 0.6 is 0 Å². The highest BCUT2D eigenvalue weighted by Gasteiger charge is 2.28. The molecule has 6 nitrogen and oxygen atoms in total. The zero-order chi connectivity index (χ0) is 24.1. The normalized spacial score (nSPS) is 11.5. The number of rotatable bonds is 14. The minimum atomic E-state index is -0.505. The number of nitrogens with zero attached hydrogens (tertiary/aromatic N) is 1. The predicted octanol–water partition coefficient (Wildman–Crippen LogP) is 4.89. The molecule has 0 unspecified atom stereocenters. The molecule has 6 heteroatoms. The van der Waals surface area contributed by atoms with E-state index in [0.29, 0.717) is 39.0 Å². The van der Waals surface area contributed by atoms with Gasteiger partial charge >= 0.3 is 0 Å². The fourth-order valence-corrected chi connectivity index (χ4v) is 3.54. The Kier molecular flexibility index (Phi) is 11.3. The Balaban J connectivity index is 2.03. The lowest BCUT2D eigenvalue weighted by Crippen LogP contribution is -2.49. The SMILES string of the molecule is CCCCNC(=O)[C@H](CC)N(Cc1ccc(OC)cc1)C(=O)CCCOc1ccc(C)cc1. The van der Waals surface area contributed by atoms with Crippen LogP contribution in [0.4, 0.5) is 0 Å². The van der Waals surface area contributed by atoms with Gasteiger partial charge in [-0.05, 0) is 56.0 Å². The van der Waals surface area contributed by atoms with Crippen molar-refractivity contribution in [2.24, 2.45) is 0 Å². The molecule has 0 bridgehead atoms. The van der Waals surface area contributed by atoms with Crippen LogP contribution in [0.25, 0.3) is 0 Å². The van der Waals surface area contributed by atoms with Crippen LogP contribution in [0.5, 0.6) is 11.5 Å². The van der Waals surface area contributed by atoms with Gasteiger partial charge in [-0.2, -0.15) is 0 Å². The summed E-state index contributed by atoms with van der Waals surface area (Å²) in [5.74, 6) is 1.42. The smallest absolute Gasteiger partial charge is 0.242 e. The monoisotopic (exact) mass is 454 g/mol. The molecular formula is C27H38N2O4. The second kappa shape index (κ2) is 14.2. The summed E-state index contributed by atoms with van der Waals surface area (Å²) in [4.78, 5) is 27.8. The van der Waals surface area contributed by atoms with Gasteiger partial charge < -0.3 is 19.7 Å². The zero-order valence-electron chi connectivity index (χ0n) is 20.4. The maximum absolute atomic E-state index is 13.2. The second-order valence-electron chi connectivity index (χ2n) is 8.20. The Morgan fingerprint density at radius 2 is 1.64 bits per heavy atom. The van der Waals surface area contributed by atoms with Crippen molar-refractivity contribution in [2.75, 3.05) is 20.3 Å². The van der Waals surface area contributed by atoms with E-state index in [9.17, 15) is 9.59 Å². The largest absolute Gasteiger partial charge is 0.497 e. The Morgan fingerprint density at radius 3 is 2.24 bits per heavy atom. The number of hydrogen-bond acceptors (Lipinski definition) is 4. The van der Waals surface area contributed by atoms with E-state index in [0.717, 1.165) is 29.9 Å². The number of nitrogens with one attached hydrogen (secondary N) is 1. The summed E-state index contributed by atoms with van der Waals surface area (Å²) in [6, 6.07) is 15.0. The molecule has 2 rings (SSSR count). The molecule has 0 aliphatic heterocycles. The van der Waals surface area contributed by atoms with Crippen LogP contribution in [0.2, 0.25) is 0 Å². The zero-order valence-corrected chi connectivity index (χ0v) is 20.4. The molecule has 2 aromatic rings. The summed E-state index contributed by atoms with van der Waals surface area (Å²) in [6.07, 6.45) is 3.39. The molecule has 2 amide bonds. The molecule has 0 aromatic heterocycles. The first kappa shape index (κ1) is 26.2. The van der Waals surface area contributed by atoms with E-state index < -0.39 is 6.04 Å². The third-order valence-electron chi connectivity index (χ3n) is 5.55. The van der Waals surface area contributed by atoms with Crippen LogP contribution in [0.1, 0.15) is 57.1 Å². The number of hydrogen-bond donors (Lipinski definition) is 1. The highest BCUT2D eigenvalue weighted by atomic mass is 16.5. The number of carbonyl (C=O) groups is 2. The van der Waals surface area contributed by atoms with Gasteiger partial charge in [0.25, 0.3) is 0 Å². The van der Waals surface area contributed by atoms with Gasteiger partial charge in [0, 0.05) is 19.5 Å². The third-order valence-corrected chi connectivity index (χ3v) is 5.55. The Labute approximate surface area is 198 Å². The molecule has 180 valence electrons. The molecule has 33 heavy (non-hydrogen) atoms. The van der Waals surface area contributed by atoms with Crippen LogP contribution in [-0.2, 0) is 16.1 Å². The second-order valence-corrected chi connectivity index (χ2v) is 8.20. The van der Waals surface area contributed by atoms with Crippen molar-refractivity contribution in [3.05, 3.63) is 59.7 Å². The van der Waals surface area contributed by atoms with Gasteiger partial charge in [0.05, 0.1) is 13.7 Å². The standard InChI is InChI=1S/C27H38N2O4/c1-5-7-18-28-27(31)25(6-2)29(20-22-12-16-23(32-4)17-13-22)26(30)9-8-19-33-24-14-10-21(3)11-15-24/h10-17,25H,5-9,18-20H2,1-4H3,(H,28,31)/t25-/m0/s1. The van der Waals surface area contributed by atoms with Gasteiger partial charge in [-0.25, -0.2) is 0 Å². The van der Waals surface area contributed by atoms with E-state index >= 15 is 0 Å². The number of aryl methyl sites for hydroxylation is 1. The van der Waals surface area contributed by atoms with E-state index in [2.05, 4.69) is 12.2 Å². The average molecular weight is 455 g/mol. The van der Waals surface area contributed by atoms with E-state index in [4.69, 9.17) is 9.47 Å². The van der Waals surface area contributed by atoms with Gasteiger partial charge in [0.2, 0.25) is 11.8 Å². The molecule has 0 heterocycles. The number of carbonyl (C=O) groups excluding carboxylic acids is 2. The minimum absolute atomic E-state index is 0.0455. The Morgan fingerprint density at radius 1 is 0.970 bits per heavy atom. The van der Waals surface area contributed by atoms with Crippen molar-refractivity contribution in [3.63, 3.8) is 0 Å². The lowest BCUT2D eigenvalue weighted by molar-refractivity contribution is -0.141. The number of amides is 2. The maximum Gasteiger partial charge on any atom is 0.242 e. The van der Waals surface area contributed by atoms with E-state index in [1.54, 1.807) is 12.0 Å². The highest BCUT2D eigenvalue weighted by Crippen LogP contribution is 2.18. The van der Waals surface area contributed by atoms with Gasteiger partial charge in [-0.1, -0.05) is 50.1 Å². The quantitative estimate of drug-likeness (QED) is 0.413. The van der Waals surface area contributed by atoms with Crippen LogP contribution < -0.4 is 14.8 Å². The Hall–Kier alpha value is -3.02. The van der Waals surface area contributed by atoms with E-state index in [1.165, 1.54) is 5.56 Å². The molecule has 0 radical (unpaired) electrons. The first-order valence-electron chi connectivity index (χ1n) is 11.9. The number of unbranched alkanes of at least 4 members (excludes halogenated alkanes) is 1. The maximum atomic E-state index is 13.2. The molecular weight excluding hydrogens is 416 g/mol. The third kappa shape index (κ3) is 8.79. The molecule has 2 aromatic carbocycles. The summed E-state index contributed by atoms with van der Waals surface area (Å²) in [5.41, 5.74) is 2.13. The van der Waals surface area contributed by atoms with E-state index in [1.807, 2.05) is 62.4 Å². The van der Waals surface area contributed by atoms with Crippen molar-refractivity contribution in [3.8, 4) is 11.5 Å². The van der Waals surface area contributed by atoms with Crippen molar-refractivity contribution >= 4 is 11.8 Å².